The van der Waals surface area contributed by atoms with Gasteiger partial charge in [-0.2, -0.15) is 0 Å². The first kappa shape index (κ1) is 19.0. The maximum absolute atomic E-state index is 12.7. The highest BCUT2D eigenvalue weighted by Crippen LogP contribution is 2.19. The number of anilines is 1. The van der Waals surface area contributed by atoms with Gasteiger partial charge in [-0.1, -0.05) is 49.7 Å². The van der Waals surface area contributed by atoms with Crippen molar-refractivity contribution < 1.29 is 9.59 Å². The van der Waals surface area contributed by atoms with E-state index in [-0.39, 0.29) is 17.7 Å². The van der Waals surface area contributed by atoms with Gasteiger partial charge in [0.25, 0.3) is 5.91 Å². The standard InChI is InChI=1S/C20H23ClN2O2/c1-12(2)18(23-19(24)15-9-5-6-10-16(15)21)20(25)22-17-11-7-8-13(3)14(17)4/h5-12,18H,1-4H3,(H,22,25)(H,23,24)/t18-/m0/s1. The summed E-state index contributed by atoms with van der Waals surface area (Å²) in [5, 5.41) is 6.07. The topological polar surface area (TPSA) is 58.2 Å². The van der Waals surface area contributed by atoms with Crippen LogP contribution >= 0.6 is 11.6 Å². The van der Waals surface area contributed by atoms with E-state index in [1.807, 2.05) is 45.9 Å². The molecule has 0 aliphatic rings. The van der Waals surface area contributed by atoms with Crippen LogP contribution in [0.3, 0.4) is 0 Å². The molecule has 1 atom stereocenters. The van der Waals surface area contributed by atoms with Gasteiger partial charge in [-0.3, -0.25) is 9.59 Å². The Balaban J connectivity index is 2.17. The summed E-state index contributed by atoms with van der Waals surface area (Å²) in [6.45, 7) is 7.72. The van der Waals surface area contributed by atoms with E-state index >= 15 is 0 Å². The van der Waals surface area contributed by atoms with Crippen LogP contribution in [0.2, 0.25) is 5.02 Å². The molecule has 0 saturated heterocycles. The highest BCUT2D eigenvalue weighted by atomic mass is 35.5. The van der Waals surface area contributed by atoms with Crippen LogP contribution in [0.5, 0.6) is 0 Å². The van der Waals surface area contributed by atoms with Crippen molar-refractivity contribution in [2.45, 2.75) is 33.7 Å². The average Bonchev–Trinajstić information content (AvgIpc) is 2.56. The molecule has 2 aromatic rings. The Kier molecular flexibility index (Phi) is 6.21. The van der Waals surface area contributed by atoms with Crippen LogP contribution in [-0.4, -0.2) is 17.9 Å². The number of halogens is 1. The molecule has 2 aromatic carbocycles. The van der Waals surface area contributed by atoms with E-state index in [9.17, 15) is 9.59 Å². The number of amides is 2. The van der Waals surface area contributed by atoms with Crippen molar-refractivity contribution in [3.63, 3.8) is 0 Å². The molecule has 0 unspecified atom stereocenters. The van der Waals surface area contributed by atoms with Crippen LogP contribution in [0.1, 0.15) is 35.3 Å². The van der Waals surface area contributed by atoms with E-state index in [0.29, 0.717) is 10.6 Å². The minimum absolute atomic E-state index is 0.0726. The van der Waals surface area contributed by atoms with Crippen LogP contribution in [-0.2, 0) is 4.79 Å². The maximum Gasteiger partial charge on any atom is 0.253 e. The fourth-order valence-corrected chi connectivity index (χ4v) is 2.72. The lowest BCUT2D eigenvalue weighted by atomic mass is 10.0. The number of hydrogen-bond acceptors (Lipinski definition) is 2. The van der Waals surface area contributed by atoms with Crippen LogP contribution in [0.4, 0.5) is 5.69 Å². The zero-order valence-electron chi connectivity index (χ0n) is 14.9. The third-order valence-corrected chi connectivity index (χ3v) is 4.55. The lowest BCUT2D eigenvalue weighted by Gasteiger charge is -2.22. The van der Waals surface area contributed by atoms with Gasteiger partial charge in [0, 0.05) is 5.69 Å². The number of hydrogen-bond donors (Lipinski definition) is 2. The smallest absolute Gasteiger partial charge is 0.253 e. The average molecular weight is 359 g/mol. The summed E-state index contributed by atoms with van der Waals surface area (Å²) in [5.74, 6) is -0.680. The molecule has 2 rings (SSSR count). The summed E-state index contributed by atoms with van der Waals surface area (Å²) in [7, 11) is 0. The molecule has 0 aliphatic heterocycles. The lowest BCUT2D eigenvalue weighted by Crippen LogP contribution is -2.47. The van der Waals surface area contributed by atoms with Crippen LogP contribution < -0.4 is 10.6 Å². The van der Waals surface area contributed by atoms with Gasteiger partial charge in [0.1, 0.15) is 6.04 Å². The van der Waals surface area contributed by atoms with Crippen molar-refractivity contribution in [2.75, 3.05) is 5.32 Å². The van der Waals surface area contributed by atoms with Crippen molar-refractivity contribution in [2.24, 2.45) is 5.92 Å². The second kappa shape index (κ2) is 8.17. The molecule has 25 heavy (non-hydrogen) atoms. The molecule has 2 amide bonds. The summed E-state index contributed by atoms with van der Waals surface area (Å²) in [5.41, 5.74) is 3.21. The normalized spacial score (nSPS) is 11.9. The molecule has 0 saturated carbocycles. The number of rotatable bonds is 5. The molecular formula is C20H23ClN2O2. The van der Waals surface area contributed by atoms with E-state index in [1.165, 1.54) is 0 Å². The number of nitrogens with one attached hydrogen (secondary N) is 2. The van der Waals surface area contributed by atoms with Crippen molar-refractivity contribution >= 4 is 29.1 Å². The first-order valence-electron chi connectivity index (χ1n) is 8.23. The SMILES string of the molecule is Cc1cccc(NC(=O)[C@@H](NC(=O)c2ccccc2Cl)C(C)C)c1C. The second-order valence-electron chi connectivity index (χ2n) is 6.41. The molecule has 0 fully saturated rings. The Morgan fingerprint density at radius 1 is 1.00 bits per heavy atom. The maximum atomic E-state index is 12.7. The summed E-state index contributed by atoms with van der Waals surface area (Å²) in [4.78, 5) is 25.2. The van der Waals surface area contributed by atoms with Gasteiger partial charge in [-0.05, 0) is 49.1 Å². The highest BCUT2D eigenvalue weighted by Gasteiger charge is 2.25. The third kappa shape index (κ3) is 4.60. The number of carbonyl (C=O) groups excluding carboxylic acids is 2. The minimum atomic E-state index is -0.663. The summed E-state index contributed by atoms with van der Waals surface area (Å²) >= 11 is 6.07. The minimum Gasteiger partial charge on any atom is -0.340 e. The lowest BCUT2D eigenvalue weighted by molar-refractivity contribution is -0.118. The van der Waals surface area contributed by atoms with Gasteiger partial charge < -0.3 is 10.6 Å². The molecular weight excluding hydrogens is 336 g/mol. The fraction of sp³-hybridized carbons (Fsp3) is 0.300. The monoisotopic (exact) mass is 358 g/mol. The van der Waals surface area contributed by atoms with Gasteiger partial charge in [-0.15, -0.1) is 0 Å². The highest BCUT2D eigenvalue weighted by molar-refractivity contribution is 6.33. The molecule has 4 nitrogen and oxygen atoms in total. The zero-order chi connectivity index (χ0) is 18.6. The molecule has 0 heterocycles. The zero-order valence-corrected chi connectivity index (χ0v) is 15.6. The van der Waals surface area contributed by atoms with Crippen LogP contribution in [0.15, 0.2) is 42.5 Å². The Hall–Kier alpha value is -2.33. The van der Waals surface area contributed by atoms with Gasteiger partial charge in [0.2, 0.25) is 5.91 Å². The van der Waals surface area contributed by atoms with Crippen LogP contribution in [0.25, 0.3) is 0 Å². The Bertz CT molecular complexity index is 787. The van der Waals surface area contributed by atoms with Crippen molar-refractivity contribution in [1.29, 1.82) is 0 Å². The molecule has 132 valence electrons. The second-order valence-corrected chi connectivity index (χ2v) is 6.82. The van der Waals surface area contributed by atoms with Gasteiger partial charge in [0.15, 0.2) is 0 Å². The van der Waals surface area contributed by atoms with Gasteiger partial charge in [0.05, 0.1) is 10.6 Å². The van der Waals surface area contributed by atoms with E-state index in [2.05, 4.69) is 10.6 Å². The number of benzene rings is 2. The van der Waals surface area contributed by atoms with E-state index < -0.39 is 6.04 Å². The third-order valence-electron chi connectivity index (χ3n) is 4.22. The van der Waals surface area contributed by atoms with Crippen molar-refractivity contribution in [1.82, 2.24) is 5.32 Å². The van der Waals surface area contributed by atoms with E-state index in [0.717, 1.165) is 16.8 Å². The van der Waals surface area contributed by atoms with E-state index in [4.69, 9.17) is 11.6 Å². The van der Waals surface area contributed by atoms with Crippen molar-refractivity contribution in [3.8, 4) is 0 Å². The molecule has 0 aromatic heterocycles. The predicted octanol–water partition coefficient (Wildman–Crippen LogP) is 4.35. The molecule has 5 heteroatoms. The molecule has 0 bridgehead atoms. The number of carbonyl (C=O) groups is 2. The fourth-order valence-electron chi connectivity index (χ4n) is 2.50. The Labute approximate surface area is 153 Å². The molecule has 0 aliphatic carbocycles. The first-order valence-corrected chi connectivity index (χ1v) is 8.61. The summed E-state index contributed by atoms with van der Waals surface area (Å²) in [6.07, 6.45) is 0. The molecule has 2 N–H and O–H groups in total. The Morgan fingerprint density at radius 3 is 2.32 bits per heavy atom. The van der Waals surface area contributed by atoms with Crippen LogP contribution in [0, 0.1) is 19.8 Å². The molecule has 0 spiro atoms. The van der Waals surface area contributed by atoms with Crippen molar-refractivity contribution in [3.05, 3.63) is 64.2 Å². The Morgan fingerprint density at radius 2 is 1.68 bits per heavy atom. The quantitative estimate of drug-likeness (QED) is 0.834. The van der Waals surface area contributed by atoms with Gasteiger partial charge >= 0.3 is 0 Å². The summed E-state index contributed by atoms with van der Waals surface area (Å²) < 4.78 is 0. The number of aryl methyl sites for hydroxylation is 1. The molecule has 0 radical (unpaired) electrons. The largest absolute Gasteiger partial charge is 0.340 e. The predicted molar refractivity (Wildman–Crippen MR) is 102 cm³/mol. The summed E-state index contributed by atoms with van der Waals surface area (Å²) in [6, 6.07) is 11.9. The first-order chi connectivity index (χ1) is 11.8. The van der Waals surface area contributed by atoms with Gasteiger partial charge in [-0.25, -0.2) is 0 Å². The van der Waals surface area contributed by atoms with E-state index in [1.54, 1.807) is 24.3 Å².